The first-order valence-corrected chi connectivity index (χ1v) is 8.44. The van der Waals surface area contributed by atoms with Crippen LogP contribution in [0, 0.1) is 5.41 Å². The molecule has 1 aromatic heterocycles. The van der Waals surface area contributed by atoms with Crippen molar-refractivity contribution >= 4 is 21.4 Å². The summed E-state index contributed by atoms with van der Waals surface area (Å²) in [6.45, 7) is 2.68. The van der Waals surface area contributed by atoms with Crippen LogP contribution in [0.5, 0.6) is 0 Å². The molecule has 1 aromatic rings. The summed E-state index contributed by atoms with van der Waals surface area (Å²) in [6.07, 6.45) is 3.89. The van der Waals surface area contributed by atoms with Gasteiger partial charge in [0.05, 0.1) is 0 Å². The van der Waals surface area contributed by atoms with Gasteiger partial charge >= 0.3 is 0 Å². The van der Waals surface area contributed by atoms with E-state index < -0.39 is 10.0 Å². The fraction of sp³-hybridized carbons (Fsp3) is 0.667. The van der Waals surface area contributed by atoms with Crippen LogP contribution in [0.25, 0.3) is 0 Å². The molecule has 2 N–H and O–H groups in total. The van der Waals surface area contributed by atoms with E-state index in [9.17, 15) is 8.42 Å². The molecule has 0 aromatic carbocycles. The van der Waals surface area contributed by atoms with Gasteiger partial charge in [0.15, 0.2) is 0 Å². The molecule has 1 saturated carbocycles. The fourth-order valence-corrected chi connectivity index (χ4v) is 4.63. The number of thiophene rings is 1. The largest absolute Gasteiger partial charge is 0.396 e. The second kappa shape index (κ2) is 5.28. The molecule has 2 rings (SSSR count). The van der Waals surface area contributed by atoms with E-state index in [1.807, 2.05) is 0 Å². The van der Waals surface area contributed by atoms with Crippen LogP contribution in [0.4, 0.5) is 0 Å². The Morgan fingerprint density at radius 1 is 1.44 bits per heavy atom. The highest BCUT2D eigenvalue weighted by Crippen LogP contribution is 2.39. The molecule has 4 nitrogen and oxygen atoms in total. The molecule has 18 heavy (non-hydrogen) atoms. The van der Waals surface area contributed by atoms with E-state index in [1.54, 1.807) is 12.1 Å². The average Bonchev–Trinajstić information content (AvgIpc) is 2.74. The first kappa shape index (κ1) is 14.0. The Morgan fingerprint density at radius 2 is 2.17 bits per heavy atom. The molecular weight excluding hydrogens is 270 g/mol. The standard InChI is InChI=1S/C12H19NO3S2/c1-12(6-2-7-12)9-13-18(15,16)11-4-3-10(17-11)5-8-14/h3-4,13-14H,2,5-9H2,1H3. The molecule has 0 spiro atoms. The maximum absolute atomic E-state index is 12.1. The quantitative estimate of drug-likeness (QED) is 0.838. The Hall–Kier alpha value is -0.430. The highest BCUT2D eigenvalue weighted by molar-refractivity contribution is 7.91. The second-order valence-electron chi connectivity index (χ2n) is 5.18. The van der Waals surface area contributed by atoms with E-state index >= 15 is 0 Å². The van der Waals surface area contributed by atoms with Crippen LogP contribution >= 0.6 is 11.3 Å². The van der Waals surface area contributed by atoms with Gasteiger partial charge in [-0.3, -0.25) is 0 Å². The molecule has 0 radical (unpaired) electrons. The number of rotatable bonds is 6. The molecule has 1 heterocycles. The Morgan fingerprint density at radius 3 is 2.72 bits per heavy atom. The molecule has 1 fully saturated rings. The van der Waals surface area contributed by atoms with Gasteiger partial charge in [0.2, 0.25) is 10.0 Å². The number of aliphatic hydroxyl groups is 1. The minimum absolute atomic E-state index is 0.0471. The average molecular weight is 289 g/mol. The van der Waals surface area contributed by atoms with Crippen molar-refractivity contribution in [3.05, 3.63) is 17.0 Å². The lowest BCUT2D eigenvalue weighted by Gasteiger charge is -2.38. The van der Waals surface area contributed by atoms with Crippen molar-refractivity contribution in [1.82, 2.24) is 4.72 Å². The van der Waals surface area contributed by atoms with Gasteiger partial charge in [-0.25, -0.2) is 13.1 Å². The third kappa shape index (κ3) is 3.12. The minimum atomic E-state index is -3.38. The minimum Gasteiger partial charge on any atom is -0.396 e. The number of aliphatic hydroxyl groups excluding tert-OH is 1. The molecule has 1 aliphatic carbocycles. The van der Waals surface area contributed by atoms with Crippen molar-refractivity contribution in [1.29, 1.82) is 0 Å². The van der Waals surface area contributed by atoms with Gasteiger partial charge in [0.25, 0.3) is 0 Å². The third-order valence-corrected chi connectivity index (χ3v) is 6.55. The van der Waals surface area contributed by atoms with Crippen molar-refractivity contribution in [2.75, 3.05) is 13.2 Å². The lowest BCUT2D eigenvalue weighted by molar-refractivity contribution is 0.166. The molecule has 0 atom stereocenters. The van der Waals surface area contributed by atoms with Gasteiger partial charge in [0.1, 0.15) is 4.21 Å². The van der Waals surface area contributed by atoms with Crippen LogP contribution in [0.2, 0.25) is 0 Å². The Labute approximate surface area is 112 Å². The lowest BCUT2D eigenvalue weighted by Crippen LogP contribution is -2.39. The van der Waals surface area contributed by atoms with Gasteiger partial charge in [-0.2, -0.15) is 0 Å². The van der Waals surface area contributed by atoms with Crippen LogP contribution in [0.15, 0.2) is 16.3 Å². The summed E-state index contributed by atoms with van der Waals surface area (Å²) < 4.78 is 27.2. The summed E-state index contributed by atoms with van der Waals surface area (Å²) in [5.41, 5.74) is 0.137. The zero-order chi connectivity index (χ0) is 13.2. The van der Waals surface area contributed by atoms with E-state index in [0.717, 1.165) is 17.7 Å². The van der Waals surface area contributed by atoms with Crippen LogP contribution < -0.4 is 4.72 Å². The highest BCUT2D eigenvalue weighted by atomic mass is 32.2. The second-order valence-corrected chi connectivity index (χ2v) is 8.35. The summed E-state index contributed by atoms with van der Waals surface area (Å²) >= 11 is 1.23. The van der Waals surface area contributed by atoms with Gasteiger partial charge < -0.3 is 5.11 Å². The van der Waals surface area contributed by atoms with Gasteiger partial charge in [0, 0.05) is 24.4 Å². The molecule has 0 saturated heterocycles. The van der Waals surface area contributed by atoms with E-state index in [1.165, 1.54) is 17.8 Å². The van der Waals surface area contributed by atoms with Crippen molar-refractivity contribution in [3.63, 3.8) is 0 Å². The maximum atomic E-state index is 12.1. The number of sulfonamides is 1. The molecule has 0 bridgehead atoms. The highest BCUT2D eigenvalue weighted by Gasteiger charge is 2.33. The van der Waals surface area contributed by atoms with Crippen LogP contribution in [-0.2, 0) is 16.4 Å². The van der Waals surface area contributed by atoms with E-state index in [0.29, 0.717) is 17.2 Å². The summed E-state index contributed by atoms with van der Waals surface area (Å²) in [4.78, 5) is 0.896. The van der Waals surface area contributed by atoms with Crippen molar-refractivity contribution in [2.45, 2.75) is 36.8 Å². The number of hydrogen-bond acceptors (Lipinski definition) is 4. The van der Waals surface area contributed by atoms with Crippen LogP contribution in [-0.4, -0.2) is 26.7 Å². The molecule has 102 valence electrons. The fourth-order valence-electron chi connectivity index (χ4n) is 2.04. The summed E-state index contributed by atoms with van der Waals surface area (Å²) in [6, 6.07) is 3.38. The predicted molar refractivity (Wildman–Crippen MR) is 72.3 cm³/mol. The molecule has 0 aliphatic heterocycles. The van der Waals surface area contributed by atoms with Crippen LogP contribution in [0.3, 0.4) is 0 Å². The first-order chi connectivity index (χ1) is 8.45. The van der Waals surface area contributed by atoms with Crippen molar-refractivity contribution in [3.8, 4) is 0 Å². The van der Waals surface area contributed by atoms with Crippen molar-refractivity contribution in [2.24, 2.45) is 5.41 Å². The summed E-state index contributed by atoms with van der Waals surface area (Å²) in [5.74, 6) is 0. The molecule has 1 aliphatic rings. The third-order valence-electron chi connectivity index (χ3n) is 3.51. The molecule has 0 amide bonds. The number of hydrogen-bond donors (Lipinski definition) is 2. The van der Waals surface area contributed by atoms with E-state index in [2.05, 4.69) is 11.6 Å². The summed E-state index contributed by atoms with van der Waals surface area (Å²) in [7, 11) is -3.38. The molecule has 0 unspecified atom stereocenters. The topological polar surface area (TPSA) is 66.4 Å². The van der Waals surface area contributed by atoms with Gasteiger partial charge in [-0.15, -0.1) is 11.3 Å². The van der Waals surface area contributed by atoms with Gasteiger partial charge in [-0.1, -0.05) is 13.3 Å². The number of nitrogens with one attached hydrogen (secondary N) is 1. The Balaban J connectivity index is 2.00. The first-order valence-electron chi connectivity index (χ1n) is 6.14. The van der Waals surface area contributed by atoms with Gasteiger partial charge in [-0.05, 0) is 30.4 Å². The van der Waals surface area contributed by atoms with Crippen LogP contribution in [0.1, 0.15) is 31.1 Å². The predicted octanol–water partition coefficient (Wildman–Crippen LogP) is 1.75. The SMILES string of the molecule is CC1(CNS(=O)(=O)c2ccc(CCO)s2)CCC1. The zero-order valence-electron chi connectivity index (χ0n) is 10.5. The Bertz CT molecular complexity index is 503. The normalized spacial score (nSPS) is 18.6. The Kier molecular flexibility index (Phi) is 4.11. The zero-order valence-corrected chi connectivity index (χ0v) is 12.1. The molecular formula is C12H19NO3S2. The van der Waals surface area contributed by atoms with Crippen molar-refractivity contribution < 1.29 is 13.5 Å². The summed E-state index contributed by atoms with van der Waals surface area (Å²) in [5, 5.41) is 8.82. The lowest BCUT2D eigenvalue weighted by atomic mass is 9.71. The monoisotopic (exact) mass is 289 g/mol. The molecule has 6 heteroatoms. The smallest absolute Gasteiger partial charge is 0.250 e. The maximum Gasteiger partial charge on any atom is 0.250 e. The van der Waals surface area contributed by atoms with E-state index in [-0.39, 0.29) is 12.0 Å². The van der Waals surface area contributed by atoms with E-state index in [4.69, 9.17) is 5.11 Å².